The van der Waals surface area contributed by atoms with Gasteiger partial charge in [0.25, 0.3) is 0 Å². The Kier molecular flexibility index (Phi) is 8.46. The first kappa shape index (κ1) is 21.3. The molecular weight excluding hydrogens is 347 g/mol. The third-order valence-corrected chi connectivity index (χ3v) is 7.62. The first-order chi connectivity index (χ1) is 12.5. The van der Waals surface area contributed by atoms with Gasteiger partial charge in [0.05, 0.1) is 5.78 Å². The van der Waals surface area contributed by atoms with Crippen LogP contribution in [-0.4, -0.2) is 89.4 Å². The first-order valence-electron chi connectivity index (χ1n) is 10.3. The Morgan fingerprint density at radius 1 is 0.962 bits per heavy atom. The summed E-state index contributed by atoms with van der Waals surface area (Å²) >= 11 is 0. The van der Waals surface area contributed by atoms with Crippen molar-refractivity contribution in [2.24, 2.45) is 0 Å². The van der Waals surface area contributed by atoms with E-state index in [9.17, 15) is 9.59 Å². The van der Waals surface area contributed by atoms with Gasteiger partial charge in [-0.3, -0.25) is 0 Å². The number of nitrogens with zero attached hydrogens (tertiary/aromatic N) is 4. The van der Waals surface area contributed by atoms with Crippen LogP contribution < -0.4 is 0 Å². The summed E-state index contributed by atoms with van der Waals surface area (Å²) in [7, 11) is 2.56. The van der Waals surface area contributed by atoms with Gasteiger partial charge in [-0.1, -0.05) is 41.7 Å². The smallest absolute Gasteiger partial charge is 0.320 e. The number of amides is 4. The van der Waals surface area contributed by atoms with E-state index in [1.807, 2.05) is 16.8 Å². The zero-order valence-corrected chi connectivity index (χ0v) is 18.0. The van der Waals surface area contributed by atoms with Crippen molar-refractivity contribution in [3.63, 3.8) is 0 Å². The van der Waals surface area contributed by atoms with Gasteiger partial charge < -0.3 is 19.6 Å². The molecule has 0 N–H and O–H groups in total. The predicted molar refractivity (Wildman–Crippen MR) is 109 cm³/mol. The summed E-state index contributed by atoms with van der Waals surface area (Å²) in [6, 6.07) is 0.624. The van der Waals surface area contributed by atoms with Crippen molar-refractivity contribution < 1.29 is 9.59 Å². The number of carbonyl (C=O) groups is 2. The lowest BCUT2D eigenvalue weighted by Gasteiger charge is -2.30. The van der Waals surface area contributed by atoms with Crippen molar-refractivity contribution >= 4 is 20.6 Å². The third-order valence-electron chi connectivity index (χ3n) is 5.60. The van der Waals surface area contributed by atoms with Crippen LogP contribution in [0.25, 0.3) is 0 Å². The number of rotatable bonds is 11. The molecule has 0 aliphatic carbocycles. The second-order valence-electron chi connectivity index (χ2n) is 7.60. The lowest BCUT2D eigenvalue weighted by atomic mass is 10.2. The van der Waals surface area contributed by atoms with Crippen LogP contribution in [0.15, 0.2) is 0 Å². The fraction of sp³-hybridized carbons (Fsp3) is 0.895. The van der Waals surface area contributed by atoms with Crippen LogP contribution >= 0.6 is 8.58 Å². The van der Waals surface area contributed by atoms with Gasteiger partial charge in [0.2, 0.25) is 0 Å². The molecule has 0 radical (unpaired) electrons. The van der Waals surface area contributed by atoms with Gasteiger partial charge in [-0.15, -0.1) is 0 Å². The molecule has 26 heavy (non-hydrogen) atoms. The quantitative estimate of drug-likeness (QED) is 0.404. The summed E-state index contributed by atoms with van der Waals surface area (Å²) < 4.78 is 0. The highest BCUT2D eigenvalue weighted by molar-refractivity contribution is 7.38. The average Bonchev–Trinajstić information content (AvgIpc) is 3.16. The van der Waals surface area contributed by atoms with Crippen LogP contribution in [0, 0.1) is 0 Å². The largest absolute Gasteiger partial charge is 0.326 e. The maximum Gasteiger partial charge on any atom is 0.320 e. The number of carbonyl (C=O) groups excluding carboxylic acids is 2. The molecule has 0 spiro atoms. The summed E-state index contributed by atoms with van der Waals surface area (Å²) in [5.41, 5.74) is 0. The lowest BCUT2D eigenvalue weighted by Crippen LogP contribution is -2.40. The highest BCUT2D eigenvalue weighted by Gasteiger charge is 2.34. The Balaban J connectivity index is 1.79. The summed E-state index contributed by atoms with van der Waals surface area (Å²) in [5.74, 6) is 0.320. The van der Waals surface area contributed by atoms with Crippen molar-refractivity contribution in [1.82, 2.24) is 19.6 Å². The molecule has 3 atom stereocenters. The van der Waals surface area contributed by atoms with Crippen LogP contribution in [0.4, 0.5) is 9.59 Å². The predicted octanol–water partition coefficient (Wildman–Crippen LogP) is 3.47. The van der Waals surface area contributed by atoms with Gasteiger partial charge in [0.1, 0.15) is 0 Å². The molecule has 2 fully saturated rings. The Morgan fingerprint density at radius 3 is 2.31 bits per heavy atom. The first-order valence-corrected chi connectivity index (χ1v) is 11.6. The standard InChI is InChI=1S/C19H37N4O2P/c1-5-7-8-9-10-21-12-14-23(19(21)25)17(6-2)26-15-16(3)22-13-11-20(4)18(22)24/h16-17,26H,5-15H2,1-4H3. The number of urea groups is 2. The van der Waals surface area contributed by atoms with Gasteiger partial charge in [-0.05, 0) is 25.9 Å². The molecule has 0 bridgehead atoms. The number of hydrogen-bond donors (Lipinski definition) is 0. The fourth-order valence-electron chi connectivity index (χ4n) is 3.80. The molecule has 7 heteroatoms. The molecule has 3 unspecified atom stereocenters. The molecule has 2 heterocycles. The maximum atomic E-state index is 12.8. The molecule has 4 amide bonds. The van der Waals surface area contributed by atoms with Gasteiger partial charge >= 0.3 is 12.1 Å². The van der Waals surface area contributed by atoms with E-state index in [1.54, 1.807) is 4.90 Å². The normalized spacial score (nSPS) is 20.9. The van der Waals surface area contributed by atoms with E-state index in [-0.39, 0.29) is 18.1 Å². The maximum absolute atomic E-state index is 12.8. The monoisotopic (exact) mass is 384 g/mol. The molecule has 2 rings (SSSR count). The Labute approximate surface area is 161 Å². The molecule has 6 nitrogen and oxygen atoms in total. The zero-order chi connectivity index (χ0) is 19.1. The van der Waals surface area contributed by atoms with E-state index in [0.717, 1.165) is 51.7 Å². The summed E-state index contributed by atoms with van der Waals surface area (Å²) in [6.07, 6.45) is 6.80. The van der Waals surface area contributed by atoms with Gasteiger partial charge in [0, 0.05) is 45.8 Å². The van der Waals surface area contributed by atoms with Crippen molar-refractivity contribution in [1.29, 1.82) is 0 Å². The van der Waals surface area contributed by atoms with Crippen molar-refractivity contribution in [3.05, 3.63) is 0 Å². The van der Waals surface area contributed by atoms with Gasteiger partial charge in [0.15, 0.2) is 0 Å². The molecule has 0 aromatic carbocycles. The third kappa shape index (κ3) is 5.25. The molecule has 0 aromatic rings. The van der Waals surface area contributed by atoms with Crippen LogP contribution in [0.3, 0.4) is 0 Å². The lowest BCUT2D eigenvalue weighted by molar-refractivity contribution is 0.185. The van der Waals surface area contributed by atoms with E-state index in [1.165, 1.54) is 19.3 Å². The number of unbranched alkanes of at least 4 members (excludes halogenated alkanes) is 3. The Morgan fingerprint density at radius 2 is 1.69 bits per heavy atom. The molecule has 2 aliphatic rings. The van der Waals surface area contributed by atoms with Crippen LogP contribution in [-0.2, 0) is 0 Å². The van der Waals surface area contributed by atoms with E-state index in [2.05, 4.69) is 25.7 Å². The van der Waals surface area contributed by atoms with Crippen LogP contribution in [0.2, 0.25) is 0 Å². The molecule has 0 saturated carbocycles. The van der Waals surface area contributed by atoms with Crippen molar-refractivity contribution in [3.8, 4) is 0 Å². The van der Waals surface area contributed by atoms with E-state index in [0.29, 0.717) is 14.4 Å². The molecule has 0 aromatic heterocycles. The summed E-state index contributed by atoms with van der Waals surface area (Å²) in [4.78, 5) is 32.8. The van der Waals surface area contributed by atoms with Gasteiger partial charge in [-0.2, -0.15) is 0 Å². The molecule has 2 aliphatic heterocycles. The van der Waals surface area contributed by atoms with E-state index >= 15 is 0 Å². The minimum Gasteiger partial charge on any atom is -0.326 e. The highest BCUT2D eigenvalue weighted by Crippen LogP contribution is 2.31. The van der Waals surface area contributed by atoms with Gasteiger partial charge in [-0.25, -0.2) is 9.59 Å². The Bertz CT molecular complexity index is 476. The minimum atomic E-state index is 0.144. The Hall–Kier alpha value is -1.03. The molecule has 150 valence electrons. The second-order valence-corrected chi connectivity index (χ2v) is 9.09. The van der Waals surface area contributed by atoms with Crippen LogP contribution in [0.1, 0.15) is 52.9 Å². The number of hydrogen-bond acceptors (Lipinski definition) is 2. The minimum absolute atomic E-state index is 0.144. The topological polar surface area (TPSA) is 47.1 Å². The average molecular weight is 385 g/mol. The van der Waals surface area contributed by atoms with E-state index in [4.69, 9.17) is 0 Å². The fourth-order valence-corrected chi connectivity index (χ4v) is 5.38. The van der Waals surface area contributed by atoms with Crippen molar-refractivity contribution in [2.45, 2.75) is 64.7 Å². The molecule has 2 saturated heterocycles. The second kappa shape index (κ2) is 10.3. The number of likely N-dealkylation sites (N-methyl/N-ethyl adjacent to an activating group) is 1. The zero-order valence-electron chi connectivity index (χ0n) is 17.0. The highest BCUT2D eigenvalue weighted by atomic mass is 31.1. The SMILES string of the molecule is CCCCCCN1CCN(C(CC)PCC(C)N2CCN(C)C2=O)C1=O. The molecular formula is C19H37N4O2P. The summed E-state index contributed by atoms with van der Waals surface area (Å²) in [6.45, 7) is 10.8. The van der Waals surface area contributed by atoms with Crippen molar-refractivity contribution in [2.75, 3.05) is 45.9 Å². The van der Waals surface area contributed by atoms with E-state index < -0.39 is 0 Å². The van der Waals surface area contributed by atoms with Crippen LogP contribution in [0.5, 0.6) is 0 Å². The summed E-state index contributed by atoms with van der Waals surface area (Å²) in [5, 5.41) is 0.